The third-order valence-corrected chi connectivity index (χ3v) is 5.95. The number of nitro groups is 2. The fraction of sp³-hybridized carbons (Fsp3) is 0.389. The van der Waals surface area contributed by atoms with E-state index in [0.717, 1.165) is 30.6 Å². The third kappa shape index (κ3) is 4.68. The number of rotatable bonds is 6. The van der Waals surface area contributed by atoms with Crippen molar-refractivity contribution < 1.29 is 14.6 Å². The van der Waals surface area contributed by atoms with Crippen molar-refractivity contribution >= 4 is 27.9 Å². The summed E-state index contributed by atoms with van der Waals surface area (Å²) in [7, 11) is 0. The molecule has 27 heavy (non-hydrogen) atoms. The van der Waals surface area contributed by atoms with Gasteiger partial charge in [-0.05, 0) is 49.8 Å². The molecule has 142 valence electrons. The first-order valence-electron chi connectivity index (χ1n) is 8.71. The van der Waals surface area contributed by atoms with Crippen LogP contribution in [0.1, 0.15) is 34.5 Å². The van der Waals surface area contributed by atoms with E-state index in [1.807, 2.05) is 6.07 Å². The molecule has 0 spiro atoms. The number of likely N-dealkylation sites (tertiary alicyclic amines) is 1. The highest BCUT2D eigenvalue weighted by Crippen LogP contribution is 2.28. The van der Waals surface area contributed by atoms with E-state index in [1.54, 1.807) is 11.0 Å². The molecule has 1 fully saturated rings. The van der Waals surface area contributed by atoms with Gasteiger partial charge in [0.2, 0.25) is 0 Å². The minimum absolute atomic E-state index is 0.0286. The molecule has 0 bridgehead atoms. The molecule has 0 atom stereocenters. The molecule has 2 heterocycles. The molecule has 0 unspecified atom stereocenters. The average molecular weight is 389 g/mol. The van der Waals surface area contributed by atoms with Crippen molar-refractivity contribution in [1.82, 2.24) is 4.90 Å². The number of hydrogen-bond acceptors (Lipinski definition) is 6. The Morgan fingerprint density at radius 3 is 2.26 bits per heavy atom. The fourth-order valence-electron chi connectivity index (χ4n) is 3.28. The first kappa shape index (κ1) is 19.0. The van der Waals surface area contributed by atoms with E-state index in [0.29, 0.717) is 24.6 Å². The van der Waals surface area contributed by atoms with Gasteiger partial charge in [-0.15, -0.1) is 0 Å². The Balaban J connectivity index is 1.48. The van der Waals surface area contributed by atoms with Crippen LogP contribution in [-0.2, 0) is 6.42 Å². The van der Waals surface area contributed by atoms with Crippen molar-refractivity contribution in [2.75, 3.05) is 13.1 Å². The Bertz CT molecular complexity index is 841. The molecule has 3 rings (SSSR count). The summed E-state index contributed by atoms with van der Waals surface area (Å²) in [5.74, 6) is 0.393. The highest BCUT2D eigenvalue weighted by molar-refractivity contribution is 7.15. The number of nitrogens with zero attached hydrogens (tertiary/aromatic N) is 3. The Morgan fingerprint density at radius 1 is 1.04 bits per heavy atom. The molecular weight excluding hydrogens is 370 g/mol. The van der Waals surface area contributed by atoms with Crippen molar-refractivity contribution in [3.05, 3.63) is 67.1 Å². The number of amides is 1. The minimum Gasteiger partial charge on any atom is -0.339 e. The van der Waals surface area contributed by atoms with Crippen molar-refractivity contribution in [3.8, 4) is 0 Å². The van der Waals surface area contributed by atoms with Gasteiger partial charge in [-0.1, -0.05) is 11.3 Å². The molecule has 8 nitrogen and oxygen atoms in total. The van der Waals surface area contributed by atoms with Crippen molar-refractivity contribution in [1.29, 1.82) is 0 Å². The Morgan fingerprint density at radius 2 is 1.70 bits per heavy atom. The predicted molar refractivity (Wildman–Crippen MR) is 101 cm³/mol. The molecule has 1 aromatic heterocycles. The lowest BCUT2D eigenvalue weighted by Gasteiger charge is -2.32. The number of nitro benzene ring substituents is 1. The van der Waals surface area contributed by atoms with Crippen LogP contribution in [0.3, 0.4) is 0 Å². The Hall–Kier alpha value is -2.81. The van der Waals surface area contributed by atoms with Gasteiger partial charge < -0.3 is 4.90 Å². The van der Waals surface area contributed by atoms with Gasteiger partial charge in [0.25, 0.3) is 11.6 Å². The van der Waals surface area contributed by atoms with Crippen LogP contribution in [0.15, 0.2) is 36.4 Å². The van der Waals surface area contributed by atoms with Gasteiger partial charge in [-0.25, -0.2) is 0 Å². The van der Waals surface area contributed by atoms with Crippen molar-refractivity contribution in [2.45, 2.75) is 25.7 Å². The summed E-state index contributed by atoms with van der Waals surface area (Å²) < 4.78 is 0. The van der Waals surface area contributed by atoms with Crippen LogP contribution in [0, 0.1) is 26.1 Å². The summed E-state index contributed by atoms with van der Waals surface area (Å²) in [5.41, 5.74) is 0.434. The molecule has 1 aromatic carbocycles. The summed E-state index contributed by atoms with van der Waals surface area (Å²) in [4.78, 5) is 35.9. The summed E-state index contributed by atoms with van der Waals surface area (Å²) in [5, 5.41) is 21.6. The Kier molecular flexibility index (Phi) is 5.80. The highest BCUT2D eigenvalue weighted by Gasteiger charge is 2.24. The van der Waals surface area contributed by atoms with Crippen LogP contribution < -0.4 is 0 Å². The maximum absolute atomic E-state index is 12.5. The summed E-state index contributed by atoms with van der Waals surface area (Å²) in [6.07, 6.45) is 3.56. The van der Waals surface area contributed by atoms with E-state index in [4.69, 9.17) is 0 Å². The van der Waals surface area contributed by atoms with E-state index < -0.39 is 4.92 Å². The smallest absolute Gasteiger partial charge is 0.324 e. The number of hydrogen-bond donors (Lipinski definition) is 0. The molecule has 1 amide bonds. The molecule has 0 aliphatic carbocycles. The average Bonchev–Trinajstić information content (AvgIpc) is 3.16. The highest BCUT2D eigenvalue weighted by atomic mass is 32.1. The van der Waals surface area contributed by atoms with Gasteiger partial charge in [0.15, 0.2) is 0 Å². The number of carbonyl (C=O) groups excluding carboxylic acids is 1. The lowest BCUT2D eigenvalue weighted by Crippen LogP contribution is -2.38. The number of benzene rings is 1. The second-order valence-corrected chi connectivity index (χ2v) is 7.72. The van der Waals surface area contributed by atoms with Gasteiger partial charge in [0.1, 0.15) is 0 Å². The maximum Gasteiger partial charge on any atom is 0.324 e. The molecule has 0 N–H and O–H groups in total. The lowest BCUT2D eigenvalue weighted by molar-refractivity contribution is -0.384. The molecular formula is C18H19N3O5S. The number of carbonyl (C=O) groups is 1. The Labute approximate surface area is 159 Å². The first-order chi connectivity index (χ1) is 12.9. The van der Waals surface area contributed by atoms with Gasteiger partial charge in [-0.3, -0.25) is 25.0 Å². The largest absolute Gasteiger partial charge is 0.339 e. The molecule has 2 aromatic rings. The second kappa shape index (κ2) is 8.26. The zero-order valence-corrected chi connectivity index (χ0v) is 15.4. The number of thiophene rings is 1. The fourth-order valence-corrected chi connectivity index (χ4v) is 4.11. The van der Waals surface area contributed by atoms with E-state index >= 15 is 0 Å². The topological polar surface area (TPSA) is 107 Å². The zero-order chi connectivity index (χ0) is 19.4. The zero-order valence-electron chi connectivity index (χ0n) is 14.6. The summed E-state index contributed by atoms with van der Waals surface area (Å²) >= 11 is 1.22. The number of aryl methyl sites for hydroxylation is 1. The molecule has 0 saturated carbocycles. The summed E-state index contributed by atoms with van der Waals surface area (Å²) in [6.45, 7) is 1.32. The third-order valence-electron chi connectivity index (χ3n) is 4.85. The second-order valence-electron chi connectivity index (χ2n) is 6.58. The monoisotopic (exact) mass is 389 g/mol. The van der Waals surface area contributed by atoms with Crippen LogP contribution in [0.2, 0.25) is 0 Å². The minimum atomic E-state index is -0.484. The van der Waals surface area contributed by atoms with Gasteiger partial charge in [-0.2, -0.15) is 0 Å². The van der Waals surface area contributed by atoms with E-state index in [9.17, 15) is 25.0 Å². The molecule has 9 heteroatoms. The quantitative estimate of drug-likeness (QED) is 0.547. The van der Waals surface area contributed by atoms with Gasteiger partial charge >= 0.3 is 5.00 Å². The van der Waals surface area contributed by atoms with Gasteiger partial charge in [0.05, 0.1) is 9.85 Å². The first-order valence-corrected chi connectivity index (χ1v) is 9.52. The SMILES string of the molecule is O=C(c1ccc([N+](=O)[O-])cc1)N1CCC(CCc2ccc([N+](=O)[O-])s2)CC1. The van der Waals surface area contributed by atoms with Crippen molar-refractivity contribution in [2.24, 2.45) is 5.92 Å². The number of non-ortho nitro benzene ring substituents is 1. The van der Waals surface area contributed by atoms with Crippen LogP contribution in [0.5, 0.6) is 0 Å². The molecule has 1 aliphatic rings. The standard InChI is InChI=1S/C18H19N3O5S/c22-18(14-2-4-15(5-3-14)20(23)24)19-11-9-13(10-12-19)1-6-16-7-8-17(27-16)21(25)26/h2-5,7-8,13H,1,6,9-12H2. The number of piperidine rings is 1. The van der Waals surface area contributed by atoms with Crippen LogP contribution in [0.25, 0.3) is 0 Å². The normalized spacial score (nSPS) is 14.9. The summed E-state index contributed by atoms with van der Waals surface area (Å²) in [6, 6.07) is 9.05. The van der Waals surface area contributed by atoms with Crippen molar-refractivity contribution in [3.63, 3.8) is 0 Å². The van der Waals surface area contributed by atoms with E-state index in [2.05, 4.69) is 0 Å². The lowest BCUT2D eigenvalue weighted by atomic mass is 9.91. The van der Waals surface area contributed by atoms with E-state index in [1.165, 1.54) is 35.6 Å². The van der Waals surface area contributed by atoms with Crippen LogP contribution in [-0.4, -0.2) is 33.7 Å². The molecule has 1 saturated heterocycles. The maximum atomic E-state index is 12.5. The van der Waals surface area contributed by atoms with E-state index in [-0.39, 0.29) is 21.5 Å². The van der Waals surface area contributed by atoms with Gasteiger partial charge in [0, 0.05) is 41.7 Å². The molecule has 0 radical (unpaired) electrons. The van der Waals surface area contributed by atoms with Crippen LogP contribution in [0.4, 0.5) is 10.7 Å². The van der Waals surface area contributed by atoms with Crippen LogP contribution >= 0.6 is 11.3 Å². The molecule has 1 aliphatic heterocycles. The predicted octanol–water partition coefficient (Wildman–Crippen LogP) is 4.05.